The summed E-state index contributed by atoms with van der Waals surface area (Å²) in [5.41, 5.74) is 6.06. The minimum absolute atomic E-state index is 0.152. The molecule has 0 saturated carbocycles. The third-order valence-corrected chi connectivity index (χ3v) is 2.36. The summed E-state index contributed by atoms with van der Waals surface area (Å²) in [6, 6.07) is 4.42. The highest BCUT2D eigenvalue weighted by Crippen LogP contribution is 2.23. The smallest absolute Gasteiger partial charge is 0.131 e. The molecule has 0 spiro atoms. The van der Waals surface area contributed by atoms with Gasteiger partial charge in [-0.25, -0.2) is 8.78 Å². The van der Waals surface area contributed by atoms with Gasteiger partial charge >= 0.3 is 0 Å². The molecule has 84 valence electrons. The molecule has 0 radical (unpaired) electrons. The average Bonchev–Trinajstić information content (AvgIpc) is 2.64. The number of benzene rings is 1. The van der Waals surface area contributed by atoms with Crippen molar-refractivity contribution in [3.63, 3.8) is 0 Å². The first-order valence-corrected chi connectivity index (χ1v) is 4.78. The molecule has 1 aromatic heterocycles. The van der Waals surface area contributed by atoms with Gasteiger partial charge in [0.2, 0.25) is 0 Å². The highest BCUT2D eigenvalue weighted by atomic mass is 19.1. The number of rotatable bonds is 2. The van der Waals surface area contributed by atoms with Gasteiger partial charge in [-0.05, 0) is 18.2 Å². The molecule has 0 aliphatic carbocycles. The summed E-state index contributed by atoms with van der Waals surface area (Å²) < 4.78 is 28.4. The highest BCUT2D eigenvalue weighted by molar-refractivity contribution is 5.29. The van der Waals surface area contributed by atoms with Gasteiger partial charge in [0.15, 0.2) is 0 Å². The van der Waals surface area contributed by atoms with Crippen molar-refractivity contribution in [3.8, 4) is 0 Å². The Kier molecular flexibility index (Phi) is 2.70. The van der Waals surface area contributed by atoms with Gasteiger partial charge in [0.1, 0.15) is 11.6 Å². The van der Waals surface area contributed by atoms with Crippen molar-refractivity contribution in [2.45, 2.75) is 6.04 Å². The van der Waals surface area contributed by atoms with Gasteiger partial charge in [-0.1, -0.05) is 6.07 Å². The fraction of sp³-hybridized carbons (Fsp3) is 0.182. The summed E-state index contributed by atoms with van der Waals surface area (Å²) in [5, 5.41) is 4.03. The Morgan fingerprint density at radius 1 is 1.25 bits per heavy atom. The molecule has 0 aliphatic rings. The molecule has 1 unspecified atom stereocenters. The molecular formula is C11H11F2N3. The Balaban J connectivity index is 2.45. The number of halogens is 2. The minimum atomic E-state index is -0.887. The summed E-state index contributed by atoms with van der Waals surface area (Å²) >= 11 is 0. The van der Waals surface area contributed by atoms with E-state index in [1.807, 2.05) is 0 Å². The third kappa shape index (κ3) is 1.81. The van der Waals surface area contributed by atoms with E-state index in [4.69, 9.17) is 5.73 Å². The molecule has 3 nitrogen and oxygen atoms in total. The van der Waals surface area contributed by atoms with Crippen molar-refractivity contribution < 1.29 is 8.78 Å². The monoisotopic (exact) mass is 223 g/mol. The SMILES string of the molecule is Cn1ccc(C(N)c2c(F)cccc2F)n1. The zero-order valence-corrected chi connectivity index (χ0v) is 8.69. The Hall–Kier alpha value is -1.75. The number of aromatic nitrogens is 2. The standard InChI is InChI=1S/C11H11F2N3/c1-16-6-5-9(15-16)11(14)10-7(12)3-2-4-8(10)13/h2-6,11H,14H2,1H3. The second-order valence-corrected chi connectivity index (χ2v) is 3.53. The predicted octanol–water partition coefficient (Wildman–Crippen LogP) is 1.75. The third-order valence-electron chi connectivity index (χ3n) is 2.36. The van der Waals surface area contributed by atoms with Crippen LogP contribution in [0.1, 0.15) is 17.3 Å². The van der Waals surface area contributed by atoms with E-state index in [1.54, 1.807) is 19.3 Å². The van der Waals surface area contributed by atoms with Crippen LogP contribution in [0.15, 0.2) is 30.5 Å². The second-order valence-electron chi connectivity index (χ2n) is 3.53. The summed E-state index contributed by atoms with van der Waals surface area (Å²) in [7, 11) is 1.72. The number of hydrogen-bond donors (Lipinski definition) is 1. The van der Waals surface area contributed by atoms with Crippen LogP contribution in [-0.2, 0) is 7.05 Å². The lowest BCUT2D eigenvalue weighted by Crippen LogP contribution is -2.16. The maximum Gasteiger partial charge on any atom is 0.131 e. The molecular weight excluding hydrogens is 212 g/mol. The molecule has 5 heteroatoms. The number of nitrogens with two attached hydrogens (primary N) is 1. The Morgan fingerprint density at radius 3 is 2.38 bits per heavy atom. The van der Waals surface area contributed by atoms with Crippen LogP contribution in [0.3, 0.4) is 0 Å². The normalized spacial score (nSPS) is 12.8. The number of nitrogens with zero attached hydrogens (tertiary/aromatic N) is 2. The second kappa shape index (κ2) is 4.02. The van der Waals surface area contributed by atoms with E-state index in [0.29, 0.717) is 5.69 Å². The molecule has 0 amide bonds. The fourth-order valence-electron chi connectivity index (χ4n) is 1.55. The van der Waals surface area contributed by atoms with E-state index < -0.39 is 17.7 Å². The van der Waals surface area contributed by atoms with Crippen molar-refractivity contribution in [2.75, 3.05) is 0 Å². The van der Waals surface area contributed by atoms with Gasteiger partial charge in [-0.2, -0.15) is 5.10 Å². The van der Waals surface area contributed by atoms with Crippen molar-refractivity contribution in [3.05, 3.63) is 53.4 Å². The van der Waals surface area contributed by atoms with Crippen molar-refractivity contribution in [1.29, 1.82) is 0 Å². The lowest BCUT2D eigenvalue weighted by molar-refractivity contribution is 0.539. The average molecular weight is 223 g/mol. The van der Waals surface area contributed by atoms with E-state index in [-0.39, 0.29) is 5.56 Å². The quantitative estimate of drug-likeness (QED) is 0.842. The first-order chi connectivity index (χ1) is 7.59. The van der Waals surface area contributed by atoms with Gasteiger partial charge in [-0.3, -0.25) is 4.68 Å². The van der Waals surface area contributed by atoms with Crippen LogP contribution in [0, 0.1) is 11.6 Å². The molecule has 2 aromatic rings. The molecule has 1 atom stereocenters. The Morgan fingerprint density at radius 2 is 1.88 bits per heavy atom. The van der Waals surface area contributed by atoms with Crippen LogP contribution in [0.25, 0.3) is 0 Å². The summed E-state index contributed by atoms with van der Waals surface area (Å²) in [6.07, 6.45) is 1.67. The van der Waals surface area contributed by atoms with Crippen LogP contribution >= 0.6 is 0 Å². The lowest BCUT2D eigenvalue weighted by Gasteiger charge is -2.11. The molecule has 2 rings (SSSR count). The molecule has 1 heterocycles. The molecule has 0 fully saturated rings. The molecule has 0 bridgehead atoms. The van der Waals surface area contributed by atoms with E-state index in [2.05, 4.69) is 5.10 Å². The van der Waals surface area contributed by atoms with Crippen LogP contribution in [0.2, 0.25) is 0 Å². The molecule has 0 saturated heterocycles. The topological polar surface area (TPSA) is 43.8 Å². The van der Waals surface area contributed by atoms with Crippen molar-refractivity contribution in [1.82, 2.24) is 9.78 Å². The first-order valence-electron chi connectivity index (χ1n) is 4.78. The predicted molar refractivity (Wildman–Crippen MR) is 55.6 cm³/mol. The highest BCUT2D eigenvalue weighted by Gasteiger charge is 2.19. The molecule has 2 N–H and O–H groups in total. The maximum atomic E-state index is 13.4. The maximum absolute atomic E-state index is 13.4. The Bertz CT molecular complexity index is 487. The van der Waals surface area contributed by atoms with Gasteiger partial charge in [0, 0.05) is 18.8 Å². The molecule has 16 heavy (non-hydrogen) atoms. The molecule has 0 aliphatic heterocycles. The fourth-order valence-corrected chi connectivity index (χ4v) is 1.55. The van der Waals surface area contributed by atoms with E-state index in [9.17, 15) is 8.78 Å². The van der Waals surface area contributed by atoms with Gasteiger partial charge in [0.25, 0.3) is 0 Å². The summed E-state index contributed by atoms with van der Waals surface area (Å²) in [5.74, 6) is -1.31. The van der Waals surface area contributed by atoms with Gasteiger partial charge in [0.05, 0.1) is 11.7 Å². The van der Waals surface area contributed by atoms with E-state index >= 15 is 0 Å². The van der Waals surface area contributed by atoms with Gasteiger partial charge in [-0.15, -0.1) is 0 Å². The van der Waals surface area contributed by atoms with Crippen LogP contribution < -0.4 is 5.73 Å². The summed E-state index contributed by atoms with van der Waals surface area (Å²) in [6.45, 7) is 0. The van der Waals surface area contributed by atoms with Crippen LogP contribution in [-0.4, -0.2) is 9.78 Å². The van der Waals surface area contributed by atoms with Crippen LogP contribution in [0.4, 0.5) is 8.78 Å². The zero-order chi connectivity index (χ0) is 11.7. The zero-order valence-electron chi connectivity index (χ0n) is 8.69. The van der Waals surface area contributed by atoms with Crippen molar-refractivity contribution >= 4 is 0 Å². The molecule has 1 aromatic carbocycles. The largest absolute Gasteiger partial charge is 0.319 e. The Labute approximate surface area is 91.5 Å². The summed E-state index contributed by atoms with van der Waals surface area (Å²) in [4.78, 5) is 0. The van der Waals surface area contributed by atoms with Gasteiger partial charge < -0.3 is 5.73 Å². The number of hydrogen-bond acceptors (Lipinski definition) is 2. The lowest BCUT2D eigenvalue weighted by atomic mass is 10.0. The first kappa shape index (κ1) is 10.8. The van der Waals surface area contributed by atoms with Crippen molar-refractivity contribution in [2.24, 2.45) is 12.8 Å². The minimum Gasteiger partial charge on any atom is -0.319 e. The van der Waals surface area contributed by atoms with Crippen LogP contribution in [0.5, 0.6) is 0 Å². The van der Waals surface area contributed by atoms with E-state index in [1.165, 1.54) is 22.9 Å². The number of aryl methyl sites for hydroxylation is 1. The van der Waals surface area contributed by atoms with E-state index in [0.717, 1.165) is 0 Å².